The minimum absolute atomic E-state index is 0.0401. The minimum atomic E-state index is -0.546. The van der Waals surface area contributed by atoms with E-state index in [2.05, 4.69) is 41.5 Å². The van der Waals surface area contributed by atoms with E-state index in [-0.39, 0.29) is 64.3 Å². The molecule has 4 saturated carbocycles. The van der Waals surface area contributed by atoms with E-state index >= 15 is 0 Å². The third kappa shape index (κ3) is 4.47. The van der Waals surface area contributed by atoms with Crippen LogP contribution >= 0.6 is 0 Å². The Kier molecular flexibility index (Phi) is 7.17. The van der Waals surface area contributed by atoms with Gasteiger partial charge in [-0.05, 0) is 92.8 Å². The molecule has 0 aromatic rings. The second-order valence-electron chi connectivity index (χ2n) is 16.0. The van der Waals surface area contributed by atoms with Crippen molar-refractivity contribution in [1.82, 2.24) is 0 Å². The number of ether oxygens (including phenoxy) is 5. The lowest BCUT2D eigenvalue weighted by atomic mass is 9.43. The molecule has 0 radical (unpaired) electrons. The van der Waals surface area contributed by atoms with Crippen LogP contribution in [0.1, 0.15) is 107 Å². The van der Waals surface area contributed by atoms with Crippen molar-refractivity contribution in [3.63, 3.8) is 0 Å². The molecule has 0 aromatic heterocycles. The van der Waals surface area contributed by atoms with Gasteiger partial charge in [0.1, 0.15) is 18.3 Å². The molecule has 6 aliphatic rings. The maximum Gasteiger partial charge on any atom is 0.303 e. The molecule has 2 saturated heterocycles. The first-order valence-corrected chi connectivity index (χ1v) is 16.4. The molecule has 6 rings (SSSR count). The zero-order valence-corrected chi connectivity index (χ0v) is 27.1. The summed E-state index contributed by atoms with van der Waals surface area (Å²) in [6.07, 6.45) is 4.99. The van der Waals surface area contributed by atoms with Crippen molar-refractivity contribution in [3.8, 4) is 0 Å². The SMILES string of the molecule is CC(=O)OC1C[C@@]2(C)[C@@H](CC[C@@H]3[C@@H]2[C@@H](OC(C)=O)C[C@]2(C)[C@@H]4[C@H](C[C@@H]32)O[C@]2(C[C@H](C)C(C)(C)O2)[C@H]4C)C[C@@H]1OC(C)=O. The van der Waals surface area contributed by atoms with Gasteiger partial charge >= 0.3 is 17.9 Å². The number of hydrogen-bond acceptors (Lipinski definition) is 8. The smallest absolute Gasteiger partial charge is 0.303 e. The summed E-state index contributed by atoms with van der Waals surface area (Å²) in [6, 6.07) is 0. The van der Waals surface area contributed by atoms with Crippen LogP contribution in [-0.4, -0.2) is 53.7 Å². The highest BCUT2D eigenvalue weighted by Crippen LogP contribution is 2.72. The Morgan fingerprint density at radius 3 is 1.90 bits per heavy atom. The number of carbonyl (C=O) groups is 3. The van der Waals surface area contributed by atoms with Gasteiger partial charge in [-0.3, -0.25) is 14.4 Å². The molecule has 0 N–H and O–H groups in total. The van der Waals surface area contributed by atoms with E-state index in [4.69, 9.17) is 23.7 Å². The number of rotatable bonds is 3. The number of esters is 3. The van der Waals surface area contributed by atoms with Gasteiger partial charge in [-0.25, -0.2) is 0 Å². The second-order valence-corrected chi connectivity index (χ2v) is 16.0. The third-order valence-electron chi connectivity index (χ3n) is 13.4. The normalized spacial score (nSPS) is 52.1. The summed E-state index contributed by atoms with van der Waals surface area (Å²) in [4.78, 5) is 36.8. The molecular formula is C34H52O8. The van der Waals surface area contributed by atoms with E-state index in [1.165, 1.54) is 20.8 Å². The molecule has 2 heterocycles. The molecule has 1 unspecified atom stereocenters. The second kappa shape index (κ2) is 9.92. The van der Waals surface area contributed by atoms with Crippen LogP contribution in [0.25, 0.3) is 0 Å². The molecule has 4 aliphatic carbocycles. The first-order valence-electron chi connectivity index (χ1n) is 16.4. The lowest BCUT2D eigenvalue weighted by molar-refractivity contribution is -0.258. The molecule has 8 nitrogen and oxygen atoms in total. The number of fused-ring (bicyclic) bond motifs is 7. The monoisotopic (exact) mass is 588 g/mol. The van der Waals surface area contributed by atoms with Crippen molar-refractivity contribution in [3.05, 3.63) is 0 Å². The average Bonchev–Trinajstić information content (AvgIpc) is 3.37. The quantitative estimate of drug-likeness (QED) is 0.300. The van der Waals surface area contributed by atoms with Crippen molar-refractivity contribution >= 4 is 17.9 Å². The van der Waals surface area contributed by atoms with Crippen LogP contribution in [0.15, 0.2) is 0 Å². The van der Waals surface area contributed by atoms with Crippen LogP contribution in [-0.2, 0) is 38.1 Å². The van der Waals surface area contributed by atoms with Gasteiger partial charge in [0.25, 0.3) is 0 Å². The summed E-state index contributed by atoms with van der Waals surface area (Å²) >= 11 is 0. The molecular weight excluding hydrogens is 536 g/mol. The van der Waals surface area contributed by atoms with Gasteiger partial charge in [0.05, 0.1) is 11.7 Å². The fraction of sp³-hybridized carbons (Fsp3) is 0.912. The van der Waals surface area contributed by atoms with E-state index < -0.39 is 18.0 Å². The molecule has 0 aromatic carbocycles. The van der Waals surface area contributed by atoms with Gasteiger partial charge in [0.15, 0.2) is 5.79 Å². The van der Waals surface area contributed by atoms with Crippen LogP contribution in [0.3, 0.4) is 0 Å². The molecule has 8 heteroatoms. The Bertz CT molecular complexity index is 1130. The van der Waals surface area contributed by atoms with E-state index in [0.29, 0.717) is 36.5 Å². The third-order valence-corrected chi connectivity index (χ3v) is 13.4. The van der Waals surface area contributed by atoms with E-state index in [1.54, 1.807) is 0 Å². The van der Waals surface area contributed by atoms with E-state index in [9.17, 15) is 14.4 Å². The molecule has 2 aliphatic heterocycles. The van der Waals surface area contributed by atoms with Crippen LogP contribution in [0.2, 0.25) is 0 Å². The average molecular weight is 589 g/mol. The highest BCUT2D eigenvalue weighted by atomic mass is 16.7. The molecule has 14 atom stereocenters. The van der Waals surface area contributed by atoms with Crippen molar-refractivity contribution in [2.24, 2.45) is 52.3 Å². The van der Waals surface area contributed by atoms with Gasteiger partial charge in [0, 0.05) is 39.0 Å². The summed E-state index contributed by atoms with van der Waals surface area (Å²) in [5.74, 6) is 0.729. The summed E-state index contributed by atoms with van der Waals surface area (Å²) in [6.45, 7) is 18.1. The highest BCUT2D eigenvalue weighted by molar-refractivity contribution is 5.67. The first-order chi connectivity index (χ1) is 19.5. The lowest BCUT2D eigenvalue weighted by Crippen LogP contribution is -2.62. The van der Waals surface area contributed by atoms with Gasteiger partial charge in [-0.15, -0.1) is 0 Å². The summed E-state index contributed by atoms with van der Waals surface area (Å²) in [5.41, 5.74) is -0.482. The van der Waals surface area contributed by atoms with Crippen LogP contribution < -0.4 is 0 Å². The van der Waals surface area contributed by atoms with Crippen LogP contribution in [0.5, 0.6) is 0 Å². The minimum Gasteiger partial charge on any atom is -0.462 e. The summed E-state index contributed by atoms with van der Waals surface area (Å²) in [7, 11) is 0. The Balaban J connectivity index is 1.33. The van der Waals surface area contributed by atoms with Gasteiger partial charge in [0.2, 0.25) is 0 Å². The molecule has 236 valence electrons. The fourth-order valence-electron chi connectivity index (χ4n) is 11.6. The van der Waals surface area contributed by atoms with Crippen molar-refractivity contribution in [2.45, 2.75) is 143 Å². The van der Waals surface area contributed by atoms with Gasteiger partial charge < -0.3 is 23.7 Å². The van der Waals surface area contributed by atoms with Gasteiger partial charge in [-0.1, -0.05) is 27.7 Å². The zero-order chi connectivity index (χ0) is 30.6. The fourth-order valence-corrected chi connectivity index (χ4v) is 11.6. The maximum atomic E-state index is 12.6. The Labute approximate surface area is 251 Å². The van der Waals surface area contributed by atoms with Crippen LogP contribution in [0, 0.1) is 52.3 Å². The Morgan fingerprint density at radius 1 is 0.714 bits per heavy atom. The summed E-state index contributed by atoms with van der Waals surface area (Å²) in [5, 5.41) is 0. The largest absolute Gasteiger partial charge is 0.462 e. The van der Waals surface area contributed by atoms with Gasteiger partial charge in [-0.2, -0.15) is 0 Å². The van der Waals surface area contributed by atoms with Crippen molar-refractivity contribution in [1.29, 1.82) is 0 Å². The predicted octanol–water partition coefficient (Wildman–Crippen LogP) is 5.84. The van der Waals surface area contributed by atoms with E-state index in [1.807, 2.05) is 0 Å². The maximum absolute atomic E-state index is 12.6. The number of carbonyl (C=O) groups excluding carboxylic acids is 3. The molecule has 6 fully saturated rings. The Hall–Kier alpha value is -1.67. The molecule has 0 bridgehead atoms. The van der Waals surface area contributed by atoms with E-state index in [0.717, 1.165) is 32.1 Å². The van der Waals surface area contributed by atoms with Crippen molar-refractivity contribution in [2.75, 3.05) is 0 Å². The molecule has 1 spiro atoms. The topological polar surface area (TPSA) is 97.4 Å². The molecule has 42 heavy (non-hydrogen) atoms. The number of hydrogen-bond donors (Lipinski definition) is 0. The first kappa shape index (κ1) is 30.4. The van der Waals surface area contributed by atoms with Crippen molar-refractivity contribution < 1.29 is 38.1 Å². The molecule has 0 amide bonds. The zero-order valence-electron chi connectivity index (χ0n) is 27.1. The standard InChI is InChI=1S/C34H52O8/c1-17-14-34(42-31(17,6)7)18(2)29-26(41-34)13-24-23-11-10-22-12-25(38-19(3)35)27(39-20(4)36)15-32(22,8)30(23)28(40-21(5)37)16-33(24,29)9/h17-18,22-30H,10-16H2,1-9H3/t17-,18-,22-,23-,24-,25-,26-,27?,28-,29-,30+,32-,33-,34-/m0/s1. The lowest BCUT2D eigenvalue weighted by Gasteiger charge is -2.63. The van der Waals surface area contributed by atoms with Crippen LogP contribution in [0.4, 0.5) is 0 Å². The Morgan fingerprint density at radius 2 is 1.31 bits per heavy atom. The summed E-state index contributed by atoms with van der Waals surface area (Å²) < 4.78 is 31.6. The predicted molar refractivity (Wildman–Crippen MR) is 154 cm³/mol. The highest BCUT2D eigenvalue weighted by Gasteiger charge is 2.73.